The van der Waals surface area contributed by atoms with Gasteiger partial charge in [-0.2, -0.15) is 0 Å². The molecule has 0 radical (unpaired) electrons. The van der Waals surface area contributed by atoms with E-state index in [9.17, 15) is 9.59 Å². The van der Waals surface area contributed by atoms with E-state index in [1.807, 2.05) is 0 Å². The molecule has 0 aliphatic carbocycles. The first-order chi connectivity index (χ1) is 10.0. The van der Waals surface area contributed by atoms with Gasteiger partial charge in [-0.3, -0.25) is 4.79 Å². The zero-order valence-electron chi connectivity index (χ0n) is 11.2. The first kappa shape index (κ1) is 14.4. The quantitative estimate of drug-likeness (QED) is 0.861. The van der Waals surface area contributed by atoms with Crippen LogP contribution in [0.1, 0.15) is 21.0 Å². The smallest absolute Gasteiger partial charge is 0.374 e. The molecule has 0 fully saturated rings. The lowest BCUT2D eigenvalue weighted by Crippen LogP contribution is -2.13. The monoisotopic (exact) mass is 292 g/mol. The Kier molecular flexibility index (Phi) is 4.07. The van der Waals surface area contributed by atoms with Crippen LogP contribution < -0.4 is 14.8 Å². The third-order valence-corrected chi connectivity index (χ3v) is 2.61. The van der Waals surface area contributed by atoms with Gasteiger partial charge >= 0.3 is 5.97 Å². The van der Waals surface area contributed by atoms with Crippen molar-refractivity contribution >= 4 is 17.6 Å². The predicted octanol–water partition coefficient (Wildman–Crippen LogP) is 1.64. The minimum absolute atomic E-state index is 0.155. The van der Waals surface area contributed by atoms with E-state index in [1.54, 1.807) is 18.2 Å². The molecule has 8 nitrogen and oxygen atoms in total. The van der Waals surface area contributed by atoms with Gasteiger partial charge in [0.2, 0.25) is 5.76 Å². The first-order valence-corrected chi connectivity index (χ1v) is 5.78. The van der Waals surface area contributed by atoms with Crippen molar-refractivity contribution in [1.82, 2.24) is 5.16 Å². The van der Waals surface area contributed by atoms with Crippen LogP contribution in [-0.2, 0) is 0 Å². The van der Waals surface area contributed by atoms with Crippen molar-refractivity contribution in [1.29, 1.82) is 0 Å². The average molecular weight is 292 g/mol. The molecule has 0 aliphatic rings. The fourth-order valence-corrected chi connectivity index (χ4v) is 1.58. The minimum Gasteiger partial charge on any atom is -0.497 e. The molecule has 1 aromatic heterocycles. The Bertz CT molecular complexity index is 679. The topological polar surface area (TPSA) is 111 Å². The number of nitrogens with one attached hydrogen (secondary N) is 1. The Morgan fingerprint density at radius 1 is 1.24 bits per heavy atom. The van der Waals surface area contributed by atoms with Crippen molar-refractivity contribution in [3.63, 3.8) is 0 Å². The number of carboxylic acid groups (broad SMARTS) is 1. The number of anilines is 1. The minimum atomic E-state index is -1.31. The number of carboxylic acids is 1. The van der Waals surface area contributed by atoms with Gasteiger partial charge in [0.1, 0.15) is 11.5 Å². The Labute approximate surface area is 119 Å². The van der Waals surface area contributed by atoms with Crippen molar-refractivity contribution in [2.45, 2.75) is 0 Å². The summed E-state index contributed by atoms with van der Waals surface area (Å²) < 4.78 is 14.7. The summed E-state index contributed by atoms with van der Waals surface area (Å²) in [5, 5.41) is 14.7. The van der Waals surface area contributed by atoms with E-state index < -0.39 is 17.6 Å². The van der Waals surface area contributed by atoms with E-state index in [0.717, 1.165) is 6.07 Å². The van der Waals surface area contributed by atoms with Gasteiger partial charge in [-0.15, -0.1) is 0 Å². The second kappa shape index (κ2) is 5.95. The molecule has 8 heteroatoms. The summed E-state index contributed by atoms with van der Waals surface area (Å²) in [6, 6.07) is 5.90. The van der Waals surface area contributed by atoms with Gasteiger partial charge in [0, 0.05) is 12.1 Å². The highest BCUT2D eigenvalue weighted by atomic mass is 16.5. The Hall–Kier alpha value is -3.03. The molecule has 0 saturated heterocycles. The maximum atomic E-state index is 12.0. The Morgan fingerprint density at radius 3 is 2.57 bits per heavy atom. The molecule has 1 heterocycles. The lowest BCUT2D eigenvalue weighted by atomic mass is 10.2. The van der Waals surface area contributed by atoms with Crippen LogP contribution in [0.15, 0.2) is 28.8 Å². The van der Waals surface area contributed by atoms with Crippen LogP contribution in [0.5, 0.6) is 11.5 Å². The molecular weight excluding hydrogens is 280 g/mol. The number of carbonyl (C=O) groups excluding carboxylic acids is 1. The van der Waals surface area contributed by atoms with E-state index >= 15 is 0 Å². The third kappa shape index (κ3) is 3.11. The zero-order chi connectivity index (χ0) is 15.4. The second-order valence-corrected chi connectivity index (χ2v) is 3.90. The first-order valence-electron chi connectivity index (χ1n) is 5.78. The Balaban J connectivity index is 2.23. The number of hydrogen-bond donors (Lipinski definition) is 2. The van der Waals surface area contributed by atoms with E-state index in [-0.39, 0.29) is 5.69 Å². The number of methoxy groups -OCH3 is 2. The van der Waals surface area contributed by atoms with Crippen molar-refractivity contribution in [2.24, 2.45) is 0 Å². The fourth-order valence-electron chi connectivity index (χ4n) is 1.58. The number of amides is 1. The van der Waals surface area contributed by atoms with Gasteiger partial charge in [0.05, 0.1) is 19.9 Å². The number of aromatic carboxylic acids is 1. The summed E-state index contributed by atoms with van der Waals surface area (Å²) in [7, 11) is 2.94. The number of rotatable bonds is 5. The molecule has 2 rings (SSSR count). The third-order valence-electron chi connectivity index (χ3n) is 2.61. The van der Waals surface area contributed by atoms with Crippen molar-refractivity contribution in [3.05, 3.63) is 35.7 Å². The van der Waals surface area contributed by atoms with Gasteiger partial charge in [0.15, 0.2) is 5.69 Å². The lowest BCUT2D eigenvalue weighted by molar-refractivity contribution is 0.0651. The van der Waals surface area contributed by atoms with Crippen molar-refractivity contribution < 1.29 is 28.7 Å². The molecule has 1 aromatic carbocycles. The van der Waals surface area contributed by atoms with Crippen LogP contribution >= 0.6 is 0 Å². The van der Waals surface area contributed by atoms with Gasteiger partial charge < -0.3 is 24.4 Å². The van der Waals surface area contributed by atoms with Gasteiger partial charge in [0.25, 0.3) is 5.91 Å². The molecule has 2 N–H and O–H groups in total. The molecule has 1 amide bonds. The van der Waals surface area contributed by atoms with Crippen LogP contribution in [0.3, 0.4) is 0 Å². The van der Waals surface area contributed by atoms with Crippen LogP contribution in [0.4, 0.5) is 5.69 Å². The Morgan fingerprint density at radius 2 is 2.00 bits per heavy atom. The van der Waals surface area contributed by atoms with Gasteiger partial charge in [-0.1, -0.05) is 5.16 Å². The van der Waals surface area contributed by atoms with Crippen LogP contribution in [0, 0.1) is 0 Å². The number of ether oxygens (including phenoxy) is 2. The molecule has 0 bridgehead atoms. The number of benzene rings is 1. The van der Waals surface area contributed by atoms with E-state index in [4.69, 9.17) is 14.6 Å². The van der Waals surface area contributed by atoms with Gasteiger partial charge in [-0.25, -0.2) is 4.79 Å². The van der Waals surface area contributed by atoms with E-state index in [2.05, 4.69) is 15.0 Å². The number of carbonyl (C=O) groups is 2. The summed E-state index contributed by atoms with van der Waals surface area (Å²) in [5.41, 5.74) is 0.207. The average Bonchev–Trinajstić information content (AvgIpc) is 2.97. The highest BCUT2D eigenvalue weighted by Crippen LogP contribution is 2.29. The summed E-state index contributed by atoms with van der Waals surface area (Å²) in [5.74, 6) is -1.40. The molecule has 0 atom stereocenters. The van der Waals surface area contributed by atoms with Crippen LogP contribution in [0.2, 0.25) is 0 Å². The fraction of sp³-hybridized carbons (Fsp3) is 0.154. The van der Waals surface area contributed by atoms with Crippen molar-refractivity contribution in [2.75, 3.05) is 19.5 Å². The molecular formula is C13H12N2O6. The predicted molar refractivity (Wildman–Crippen MR) is 71.0 cm³/mol. The molecule has 0 saturated carbocycles. The molecule has 0 spiro atoms. The normalized spacial score (nSPS) is 10.0. The summed E-state index contributed by atoms with van der Waals surface area (Å²) in [6.07, 6.45) is 0. The van der Waals surface area contributed by atoms with Crippen LogP contribution in [0.25, 0.3) is 0 Å². The number of nitrogens with zero attached hydrogens (tertiary/aromatic N) is 1. The van der Waals surface area contributed by atoms with E-state index in [0.29, 0.717) is 17.2 Å². The summed E-state index contributed by atoms with van der Waals surface area (Å²) in [6.45, 7) is 0. The maximum Gasteiger partial charge on any atom is 0.374 e. The highest BCUT2D eigenvalue weighted by Gasteiger charge is 2.18. The maximum absolute atomic E-state index is 12.0. The lowest BCUT2D eigenvalue weighted by Gasteiger charge is -2.10. The molecule has 21 heavy (non-hydrogen) atoms. The zero-order valence-corrected chi connectivity index (χ0v) is 11.2. The molecule has 2 aromatic rings. The van der Waals surface area contributed by atoms with Crippen molar-refractivity contribution in [3.8, 4) is 11.5 Å². The van der Waals surface area contributed by atoms with E-state index in [1.165, 1.54) is 14.2 Å². The molecule has 0 unspecified atom stereocenters. The highest BCUT2D eigenvalue weighted by molar-refractivity contribution is 6.04. The van der Waals surface area contributed by atoms with Gasteiger partial charge in [-0.05, 0) is 12.1 Å². The SMILES string of the molecule is COc1ccc(OC)c(NC(=O)c2cc(C(=O)O)on2)c1. The standard InChI is InChI=1S/C13H12N2O6/c1-19-7-3-4-10(20-2)8(5-7)14-12(16)9-6-11(13(17)18)21-15-9/h3-6H,1-2H3,(H,14,16)(H,17,18). The second-order valence-electron chi connectivity index (χ2n) is 3.90. The molecule has 110 valence electrons. The number of aromatic nitrogens is 1. The largest absolute Gasteiger partial charge is 0.497 e. The summed E-state index contributed by atoms with van der Waals surface area (Å²) >= 11 is 0. The number of hydrogen-bond acceptors (Lipinski definition) is 6. The van der Waals surface area contributed by atoms with Crippen LogP contribution in [-0.4, -0.2) is 36.4 Å². The molecule has 0 aliphatic heterocycles. The summed E-state index contributed by atoms with van der Waals surface area (Å²) in [4.78, 5) is 22.7.